The molecule has 3 aromatic heterocycles. The van der Waals surface area contributed by atoms with Gasteiger partial charge in [-0.15, -0.1) is 0 Å². The molecule has 7 aliphatic rings. The second kappa shape index (κ2) is 18.4. The summed E-state index contributed by atoms with van der Waals surface area (Å²) < 4.78 is 30.7. The number of fused-ring (bicyclic) bond motifs is 9. The van der Waals surface area contributed by atoms with E-state index in [0.717, 1.165) is 126 Å². The van der Waals surface area contributed by atoms with Crippen LogP contribution in [0, 0.1) is 13.8 Å². The minimum Gasteiger partial charge on any atom is -0.507 e. The van der Waals surface area contributed by atoms with Gasteiger partial charge in [-0.25, -0.2) is 0 Å². The summed E-state index contributed by atoms with van der Waals surface area (Å²) in [6.07, 6.45) is 3.57. The van der Waals surface area contributed by atoms with Gasteiger partial charge in [0.1, 0.15) is 17.2 Å². The average Bonchev–Trinajstić information content (AvgIpc) is 4.06. The average molecular weight is 1010 g/mol. The third kappa shape index (κ3) is 7.44. The number of phenolic OH excluding ortho intramolecular Hbond substituents is 3. The number of hydrogen-bond donors (Lipinski definition) is 3. The van der Waals surface area contributed by atoms with Gasteiger partial charge in [-0.2, -0.15) is 0 Å². The van der Waals surface area contributed by atoms with Crippen LogP contribution < -0.4 is 18.9 Å². The minimum absolute atomic E-state index is 0.0602. The van der Waals surface area contributed by atoms with Gasteiger partial charge in [-0.05, 0) is 96.8 Å². The summed E-state index contributed by atoms with van der Waals surface area (Å²) in [7, 11) is 6.57. The number of hydrogen-bond acceptors (Lipinski definition) is 10. The molecule has 0 atom stereocenters. The van der Waals surface area contributed by atoms with Crippen LogP contribution in [-0.4, -0.2) is 94.2 Å². The van der Waals surface area contributed by atoms with E-state index < -0.39 is 0 Å². The molecule has 10 heterocycles. The van der Waals surface area contributed by atoms with E-state index in [9.17, 15) is 15.3 Å². The normalized spacial score (nSPS) is 15.3. The number of methoxy groups -OCH3 is 4. The molecular weight excluding hydrogens is 953 g/mol. The van der Waals surface area contributed by atoms with Crippen molar-refractivity contribution < 1.29 is 34.3 Å². The predicted octanol–water partition coefficient (Wildman–Crippen LogP) is 10.5. The largest absolute Gasteiger partial charge is 0.507 e. The molecule has 13 nitrogen and oxygen atoms in total. The third-order valence-corrected chi connectivity index (χ3v) is 16.6. The summed E-state index contributed by atoms with van der Waals surface area (Å²) in [5.74, 6) is 2.62. The molecule has 0 spiro atoms. The van der Waals surface area contributed by atoms with Crippen LogP contribution in [0.5, 0.6) is 40.2 Å². The number of rotatable bonds is 4. The van der Waals surface area contributed by atoms with Crippen molar-refractivity contribution >= 4 is 49.8 Å². The summed E-state index contributed by atoms with van der Waals surface area (Å²) in [6, 6.07) is 31.3. The lowest BCUT2D eigenvalue weighted by molar-refractivity contribution is 0.366. The van der Waals surface area contributed by atoms with Crippen LogP contribution in [0.3, 0.4) is 0 Å². The van der Waals surface area contributed by atoms with Crippen molar-refractivity contribution in [2.24, 2.45) is 15.0 Å². The highest BCUT2D eigenvalue weighted by atomic mass is 16.5. The minimum atomic E-state index is 0.0602. The van der Waals surface area contributed by atoms with Gasteiger partial charge in [0, 0.05) is 101 Å². The lowest BCUT2D eigenvalue weighted by atomic mass is 9.94. The molecule has 6 aromatic carbocycles. The molecule has 7 aliphatic heterocycles. The van der Waals surface area contributed by atoms with Gasteiger partial charge in [0.05, 0.1) is 93.3 Å². The standard InChI is InChI=1S/C63H60N6O7/c1-34-7-16-44-47-19-23-65-51-27-37-9-13-41(61(72)62(37)75-5)33-69-55-30-43(74-4)15-18-46(55)49-21-24-66-52(58(49)69)28-38-10-12-40(60(71)63(38)76-6)32-68-54-29-42(73-3)14-17-45(54)48-20-22-64-50(56(48)68)26-36-8-11-39(59(70)35(36)2)31-67(57(47)51)53(44)25-34/h7-18,25,29-30,70-72H,19-24,26-28,31-33H2,1-6H3. The van der Waals surface area contributed by atoms with Crippen molar-refractivity contribution in [3.05, 3.63) is 169 Å². The molecule has 3 N–H and O–H groups in total. The Balaban J connectivity index is 1.02. The second-order valence-electron chi connectivity index (χ2n) is 20.7. The third-order valence-electron chi connectivity index (χ3n) is 16.6. The Hall–Kier alpha value is -8.45. The topological polar surface area (TPSA) is 149 Å². The fraction of sp³-hybridized carbons (Fsp3) is 0.286. The molecule has 16 rings (SSSR count). The molecule has 0 radical (unpaired) electrons. The zero-order valence-electron chi connectivity index (χ0n) is 43.8. The maximum Gasteiger partial charge on any atom is 0.164 e. The number of nitrogens with zero attached hydrogens (tertiary/aromatic N) is 6. The summed E-state index contributed by atoms with van der Waals surface area (Å²) in [5.41, 5.74) is 19.0. The van der Waals surface area contributed by atoms with Crippen molar-refractivity contribution in [1.29, 1.82) is 0 Å². The molecule has 9 aromatic rings. The number of ether oxygens (including phenoxy) is 4. The van der Waals surface area contributed by atoms with E-state index in [1.54, 1.807) is 28.4 Å². The van der Waals surface area contributed by atoms with Gasteiger partial charge in [-0.3, -0.25) is 15.0 Å². The van der Waals surface area contributed by atoms with Crippen LogP contribution in [0.15, 0.2) is 106 Å². The molecule has 0 saturated heterocycles. The van der Waals surface area contributed by atoms with Crippen molar-refractivity contribution in [2.45, 2.75) is 72.0 Å². The lowest BCUT2D eigenvalue weighted by Crippen LogP contribution is -2.21. The number of aromatic nitrogens is 3. The predicted molar refractivity (Wildman–Crippen MR) is 300 cm³/mol. The van der Waals surface area contributed by atoms with Crippen molar-refractivity contribution in [1.82, 2.24) is 13.7 Å². The first-order chi connectivity index (χ1) is 37.0. The van der Waals surface area contributed by atoms with E-state index in [0.29, 0.717) is 81.2 Å². The second-order valence-corrected chi connectivity index (χ2v) is 20.7. The smallest absolute Gasteiger partial charge is 0.164 e. The fourth-order valence-electron chi connectivity index (χ4n) is 12.8. The van der Waals surface area contributed by atoms with Crippen LogP contribution in [0.2, 0.25) is 0 Å². The molecule has 0 fully saturated rings. The maximum atomic E-state index is 12.4. The number of aromatic hydroxyl groups is 3. The molecule has 6 bridgehead atoms. The Morgan fingerprint density at radius 3 is 1.20 bits per heavy atom. The van der Waals surface area contributed by atoms with Crippen LogP contribution in [0.4, 0.5) is 0 Å². The molecule has 13 heteroatoms. The summed E-state index contributed by atoms with van der Waals surface area (Å²) in [6.45, 7) is 7.04. The summed E-state index contributed by atoms with van der Waals surface area (Å²) in [5, 5.41) is 40.5. The summed E-state index contributed by atoms with van der Waals surface area (Å²) >= 11 is 0. The van der Waals surface area contributed by atoms with Gasteiger partial charge in [-0.1, -0.05) is 48.5 Å². The van der Waals surface area contributed by atoms with E-state index in [1.807, 2.05) is 37.3 Å². The quantitative estimate of drug-likeness (QED) is 0.159. The Bertz CT molecular complexity index is 4020. The first-order valence-corrected chi connectivity index (χ1v) is 26.2. The van der Waals surface area contributed by atoms with Gasteiger partial charge in [0.2, 0.25) is 0 Å². The fourth-order valence-corrected chi connectivity index (χ4v) is 12.8. The van der Waals surface area contributed by atoms with Crippen molar-refractivity contribution in [3.8, 4) is 40.2 Å². The van der Waals surface area contributed by atoms with Gasteiger partial charge < -0.3 is 48.0 Å². The molecule has 0 amide bonds. The van der Waals surface area contributed by atoms with E-state index in [4.69, 9.17) is 33.9 Å². The number of benzene rings is 6. The van der Waals surface area contributed by atoms with Crippen LogP contribution in [0.25, 0.3) is 32.7 Å². The van der Waals surface area contributed by atoms with Gasteiger partial charge >= 0.3 is 0 Å². The number of aryl methyl sites for hydroxylation is 1. The lowest BCUT2D eigenvalue weighted by Gasteiger charge is -2.22. The number of aliphatic imine (C=N–C) groups is 3. The first kappa shape index (κ1) is 47.3. The Labute approximate surface area is 440 Å². The highest BCUT2D eigenvalue weighted by Crippen LogP contribution is 2.43. The maximum absolute atomic E-state index is 12.4. The van der Waals surface area contributed by atoms with E-state index in [2.05, 4.69) is 81.3 Å². The summed E-state index contributed by atoms with van der Waals surface area (Å²) in [4.78, 5) is 15.7. The van der Waals surface area contributed by atoms with E-state index >= 15 is 0 Å². The highest BCUT2D eigenvalue weighted by molar-refractivity contribution is 6.10. The Kier molecular flexibility index (Phi) is 11.5. The molecule has 76 heavy (non-hydrogen) atoms. The molecule has 384 valence electrons. The van der Waals surface area contributed by atoms with Crippen LogP contribution in [0.1, 0.15) is 78.3 Å². The highest BCUT2D eigenvalue weighted by Gasteiger charge is 2.32. The Morgan fingerprint density at radius 1 is 0.408 bits per heavy atom. The van der Waals surface area contributed by atoms with Gasteiger partial charge in [0.15, 0.2) is 23.0 Å². The molecule has 0 saturated carbocycles. The number of phenols is 3. The molecule has 0 aliphatic carbocycles. The van der Waals surface area contributed by atoms with Crippen molar-refractivity contribution in [3.63, 3.8) is 0 Å². The zero-order chi connectivity index (χ0) is 52.1. The zero-order valence-corrected chi connectivity index (χ0v) is 43.8. The SMILES string of the molecule is COc1ccc2c3c4n(c2c1)Cc1ccc(c(OC)c1O)CC1=NCCc2c1n(c1cc(OC)ccc21)Cc1ccc(c(OC)c1O)CC1=NCCc2c1n(c1cc(C)ccc21)Cc1ccc(c(C)c1O)CC4=NCC3. The first-order valence-electron chi connectivity index (χ1n) is 26.2. The van der Waals surface area contributed by atoms with Crippen molar-refractivity contribution in [2.75, 3.05) is 48.1 Å². The monoisotopic (exact) mass is 1010 g/mol. The molecular formula is C63H60N6O7. The van der Waals surface area contributed by atoms with Gasteiger partial charge in [0.25, 0.3) is 0 Å². The van der Waals surface area contributed by atoms with E-state index in [1.165, 1.54) is 22.1 Å². The molecule has 0 unspecified atom stereocenters. The van der Waals surface area contributed by atoms with Crippen LogP contribution >= 0.6 is 0 Å². The van der Waals surface area contributed by atoms with Crippen LogP contribution in [-0.2, 0) is 58.2 Å². The van der Waals surface area contributed by atoms with E-state index in [-0.39, 0.29) is 17.2 Å². The Morgan fingerprint density at radius 2 is 0.776 bits per heavy atom.